The molecule has 0 atom stereocenters. The monoisotopic (exact) mass is 360 g/mol. The minimum absolute atomic E-state index is 0.0619. The first-order valence-electron chi connectivity index (χ1n) is 8.90. The molecule has 0 amide bonds. The van der Waals surface area contributed by atoms with Crippen LogP contribution in [0.5, 0.6) is 0 Å². The number of benzene rings is 2. The Hall–Kier alpha value is -2.72. The van der Waals surface area contributed by atoms with E-state index in [0.29, 0.717) is 0 Å². The van der Waals surface area contributed by atoms with E-state index in [1.165, 1.54) is 22.5 Å². The molecule has 130 valence electrons. The largest absolute Gasteiger partial charge is 0.299 e. The van der Waals surface area contributed by atoms with Gasteiger partial charge >= 0.3 is 0 Å². The number of unbranched alkanes of at least 4 members (excludes halogenated alkanes) is 1. The third kappa shape index (κ3) is 3.08. The summed E-state index contributed by atoms with van der Waals surface area (Å²) in [4.78, 5) is 18.2. The van der Waals surface area contributed by atoms with Crippen LogP contribution in [-0.2, 0) is 6.54 Å². The second-order valence-corrected chi connectivity index (χ2v) is 7.23. The summed E-state index contributed by atoms with van der Waals surface area (Å²) in [5.74, 6) is 0. The van der Waals surface area contributed by atoms with Crippen LogP contribution in [0.4, 0.5) is 0 Å². The summed E-state index contributed by atoms with van der Waals surface area (Å²) < 4.78 is 1.74. The summed E-state index contributed by atoms with van der Waals surface area (Å²) in [5, 5.41) is 2.78. The van der Waals surface area contributed by atoms with Crippen LogP contribution in [-0.4, -0.2) is 9.55 Å². The van der Waals surface area contributed by atoms with Crippen molar-refractivity contribution in [1.82, 2.24) is 9.55 Å². The fourth-order valence-electron chi connectivity index (χ4n) is 3.14. The quantitative estimate of drug-likeness (QED) is 0.465. The highest BCUT2D eigenvalue weighted by atomic mass is 32.1. The lowest BCUT2D eigenvalue weighted by Crippen LogP contribution is -2.20. The number of aromatic nitrogens is 2. The van der Waals surface area contributed by atoms with Crippen LogP contribution in [0.2, 0.25) is 0 Å². The van der Waals surface area contributed by atoms with Gasteiger partial charge in [0.2, 0.25) is 0 Å². The Bertz CT molecular complexity index is 1080. The summed E-state index contributed by atoms with van der Waals surface area (Å²) in [7, 11) is 0. The zero-order valence-electron chi connectivity index (χ0n) is 14.7. The van der Waals surface area contributed by atoms with Crippen molar-refractivity contribution >= 4 is 21.6 Å². The van der Waals surface area contributed by atoms with Gasteiger partial charge in [-0.25, -0.2) is 4.98 Å². The van der Waals surface area contributed by atoms with Gasteiger partial charge in [0.15, 0.2) is 0 Å². The molecule has 0 unspecified atom stereocenters. The van der Waals surface area contributed by atoms with Crippen molar-refractivity contribution in [2.24, 2.45) is 0 Å². The van der Waals surface area contributed by atoms with Gasteiger partial charge < -0.3 is 0 Å². The lowest BCUT2D eigenvalue weighted by Gasteiger charge is -2.06. The Labute approximate surface area is 156 Å². The zero-order chi connectivity index (χ0) is 17.9. The highest BCUT2D eigenvalue weighted by Crippen LogP contribution is 2.32. The lowest BCUT2D eigenvalue weighted by molar-refractivity contribution is 0.609. The molecule has 3 nitrogen and oxygen atoms in total. The van der Waals surface area contributed by atoms with E-state index in [1.807, 2.05) is 23.6 Å². The fraction of sp³-hybridized carbons (Fsp3) is 0.182. The number of hydrogen-bond donors (Lipinski definition) is 0. The van der Waals surface area contributed by atoms with Gasteiger partial charge in [0.25, 0.3) is 5.56 Å². The average molecular weight is 360 g/mol. The molecule has 4 heteroatoms. The Kier molecular flexibility index (Phi) is 4.67. The van der Waals surface area contributed by atoms with Crippen LogP contribution in [0.15, 0.2) is 71.1 Å². The molecule has 0 spiro atoms. The Morgan fingerprint density at radius 1 is 0.962 bits per heavy atom. The molecule has 0 radical (unpaired) electrons. The summed E-state index contributed by atoms with van der Waals surface area (Å²) >= 11 is 1.53. The molecule has 2 aromatic heterocycles. The smallest absolute Gasteiger partial charge is 0.262 e. The highest BCUT2D eigenvalue weighted by Gasteiger charge is 2.13. The molecule has 0 aliphatic rings. The Balaban J connectivity index is 1.76. The first kappa shape index (κ1) is 16.7. The van der Waals surface area contributed by atoms with Crippen LogP contribution in [0.3, 0.4) is 0 Å². The highest BCUT2D eigenvalue weighted by molar-refractivity contribution is 7.17. The van der Waals surface area contributed by atoms with E-state index >= 15 is 0 Å². The number of fused-ring (bicyclic) bond motifs is 1. The second kappa shape index (κ2) is 7.26. The molecule has 0 saturated carbocycles. The van der Waals surface area contributed by atoms with Crippen molar-refractivity contribution in [1.29, 1.82) is 0 Å². The molecular formula is C22H20N2OS. The number of nitrogens with zero attached hydrogens (tertiary/aromatic N) is 2. The summed E-state index contributed by atoms with van der Waals surface area (Å²) in [6.07, 6.45) is 3.72. The summed E-state index contributed by atoms with van der Waals surface area (Å²) in [5.41, 5.74) is 4.47. The van der Waals surface area contributed by atoms with Gasteiger partial charge in [-0.15, -0.1) is 11.3 Å². The fourth-order valence-corrected chi connectivity index (χ4v) is 4.05. The van der Waals surface area contributed by atoms with Crippen molar-refractivity contribution in [2.45, 2.75) is 26.3 Å². The molecule has 4 rings (SSSR count). The number of aryl methyl sites for hydroxylation is 1. The molecule has 0 aliphatic carbocycles. The molecule has 0 bridgehead atoms. The summed E-state index contributed by atoms with van der Waals surface area (Å²) in [6, 6.07) is 18.7. The van der Waals surface area contributed by atoms with E-state index in [-0.39, 0.29) is 5.56 Å². The maximum Gasteiger partial charge on any atom is 0.262 e. The molecule has 4 aromatic rings. The Morgan fingerprint density at radius 3 is 2.38 bits per heavy atom. The molecule has 0 aliphatic heterocycles. The molecule has 2 aromatic carbocycles. The van der Waals surface area contributed by atoms with Crippen molar-refractivity contribution in [3.8, 4) is 22.3 Å². The topological polar surface area (TPSA) is 34.9 Å². The number of rotatable bonds is 5. The van der Waals surface area contributed by atoms with Gasteiger partial charge in [0.05, 0.1) is 11.7 Å². The maximum absolute atomic E-state index is 12.9. The predicted octanol–water partition coefficient (Wildman–Crippen LogP) is 5.59. The first-order valence-corrected chi connectivity index (χ1v) is 9.78. The van der Waals surface area contributed by atoms with E-state index in [1.54, 1.807) is 10.9 Å². The minimum atomic E-state index is 0.0619. The molecule has 2 heterocycles. The predicted molar refractivity (Wildman–Crippen MR) is 110 cm³/mol. The van der Waals surface area contributed by atoms with E-state index in [0.717, 1.165) is 40.7 Å². The minimum Gasteiger partial charge on any atom is -0.299 e. The average Bonchev–Trinajstić information content (AvgIpc) is 3.13. The van der Waals surface area contributed by atoms with Gasteiger partial charge in [0.1, 0.15) is 4.83 Å². The van der Waals surface area contributed by atoms with E-state index < -0.39 is 0 Å². The molecular weight excluding hydrogens is 340 g/mol. The standard InChI is InChI=1S/C22H20N2OS/c1-2-3-13-24-15-23-21-20(22(24)25)19(14-26-21)18-11-9-17(10-12-18)16-7-5-4-6-8-16/h4-12,14-15H,2-3,13H2,1H3. The van der Waals surface area contributed by atoms with E-state index in [2.05, 4.69) is 48.3 Å². The number of thiophene rings is 1. The number of hydrogen-bond acceptors (Lipinski definition) is 3. The molecule has 26 heavy (non-hydrogen) atoms. The third-order valence-corrected chi connectivity index (χ3v) is 5.50. The van der Waals surface area contributed by atoms with Crippen molar-refractivity contribution < 1.29 is 0 Å². The van der Waals surface area contributed by atoms with Gasteiger partial charge in [0, 0.05) is 17.5 Å². The Morgan fingerprint density at radius 2 is 1.65 bits per heavy atom. The lowest BCUT2D eigenvalue weighted by atomic mass is 10.0. The molecule has 0 fully saturated rings. The van der Waals surface area contributed by atoms with Crippen LogP contribution in [0.1, 0.15) is 19.8 Å². The van der Waals surface area contributed by atoms with Gasteiger partial charge in [-0.3, -0.25) is 9.36 Å². The molecule has 0 N–H and O–H groups in total. The van der Waals surface area contributed by atoms with Gasteiger partial charge in [-0.1, -0.05) is 67.9 Å². The van der Waals surface area contributed by atoms with Crippen molar-refractivity contribution in [3.05, 3.63) is 76.7 Å². The van der Waals surface area contributed by atoms with E-state index in [9.17, 15) is 4.79 Å². The zero-order valence-corrected chi connectivity index (χ0v) is 15.5. The van der Waals surface area contributed by atoms with E-state index in [4.69, 9.17) is 0 Å². The third-order valence-electron chi connectivity index (χ3n) is 4.62. The SMILES string of the molecule is CCCCn1cnc2scc(-c3ccc(-c4ccccc4)cc3)c2c1=O. The summed E-state index contributed by atoms with van der Waals surface area (Å²) in [6.45, 7) is 2.85. The first-order chi connectivity index (χ1) is 12.8. The van der Waals surface area contributed by atoms with Crippen LogP contribution in [0, 0.1) is 0 Å². The van der Waals surface area contributed by atoms with Crippen LogP contribution < -0.4 is 5.56 Å². The van der Waals surface area contributed by atoms with Gasteiger partial charge in [-0.2, -0.15) is 0 Å². The van der Waals surface area contributed by atoms with Crippen molar-refractivity contribution in [3.63, 3.8) is 0 Å². The molecule has 0 saturated heterocycles. The second-order valence-electron chi connectivity index (χ2n) is 6.37. The van der Waals surface area contributed by atoms with Crippen LogP contribution in [0.25, 0.3) is 32.5 Å². The van der Waals surface area contributed by atoms with Crippen molar-refractivity contribution in [2.75, 3.05) is 0 Å². The maximum atomic E-state index is 12.9. The van der Waals surface area contributed by atoms with Crippen LogP contribution >= 0.6 is 11.3 Å². The van der Waals surface area contributed by atoms with Gasteiger partial charge in [-0.05, 0) is 23.1 Å². The normalized spacial score (nSPS) is 11.1.